The van der Waals surface area contributed by atoms with Gasteiger partial charge in [-0.3, -0.25) is 0 Å². The van der Waals surface area contributed by atoms with E-state index in [2.05, 4.69) is 20.7 Å². The highest BCUT2D eigenvalue weighted by Crippen LogP contribution is 2.32. The van der Waals surface area contributed by atoms with Crippen LogP contribution in [0.3, 0.4) is 0 Å². The number of rotatable bonds is 7. The van der Waals surface area contributed by atoms with Gasteiger partial charge in [-0.2, -0.15) is 0 Å². The lowest BCUT2D eigenvalue weighted by Gasteiger charge is -2.10. The van der Waals surface area contributed by atoms with Gasteiger partial charge >= 0.3 is 0 Å². The number of nitrogens with one attached hydrogen (secondary N) is 1. The second-order valence-electron chi connectivity index (χ2n) is 3.65. The van der Waals surface area contributed by atoms with Crippen molar-refractivity contribution in [2.75, 3.05) is 19.8 Å². The third-order valence-corrected chi connectivity index (χ3v) is 5.03. The maximum Gasteiger partial charge on any atom is 0.243 e. The average Bonchev–Trinajstić information content (AvgIpc) is 2.26. The fourth-order valence-electron chi connectivity index (χ4n) is 1.38. The molecule has 0 fully saturated rings. The van der Waals surface area contributed by atoms with Crippen LogP contribution in [0, 0.1) is 0 Å². The van der Waals surface area contributed by atoms with E-state index in [0.717, 1.165) is 0 Å². The maximum atomic E-state index is 12.1. The van der Waals surface area contributed by atoms with Gasteiger partial charge in [0.2, 0.25) is 10.0 Å². The molecule has 1 rings (SSSR count). The largest absolute Gasteiger partial charge is 0.382 e. The van der Waals surface area contributed by atoms with E-state index in [1.807, 2.05) is 6.92 Å². The summed E-state index contributed by atoms with van der Waals surface area (Å²) in [6.45, 7) is 3.26. The molecule has 0 aliphatic carbocycles. The molecular weight excluding hydrogens is 377 g/mol. The molecule has 0 amide bonds. The molecular formula is C11H14BrCl2NO3S. The first-order valence-corrected chi connectivity index (χ1v) is 8.63. The van der Waals surface area contributed by atoms with Crippen molar-refractivity contribution in [1.29, 1.82) is 0 Å². The Hall–Kier alpha value is 0.150. The molecule has 1 N–H and O–H groups in total. The van der Waals surface area contributed by atoms with Gasteiger partial charge in [-0.25, -0.2) is 13.1 Å². The highest BCUT2D eigenvalue weighted by atomic mass is 79.9. The van der Waals surface area contributed by atoms with Crippen LogP contribution in [-0.2, 0) is 14.8 Å². The first-order valence-electron chi connectivity index (χ1n) is 5.60. The average molecular weight is 391 g/mol. The quantitative estimate of drug-likeness (QED) is 0.725. The lowest BCUT2D eigenvalue weighted by molar-refractivity contribution is 0.146. The molecule has 0 bridgehead atoms. The van der Waals surface area contributed by atoms with Gasteiger partial charge in [-0.05, 0) is 25.5 Å². The Kier molecular flexibility index (Phi) is 7.07. The predicted octanol–water partition coefficient (Wildman–Crippen LogP) is 3.46. The molecule has 0 saturated heterocycles. The Morgan fingerprint density at radius 2 is 1.89 bits per heavy atom. The standard InChI is InChI=1S/C11H14BrCl2NO3S/c1-2-18-5-3-4-15-19(16,17)11-9(13)6-8(12)7-10(11)14/h6-7,15H,2-5H2,1H3. The lowest BCUT2D eigenvalue weighted by Crippen LogP contribution is -2.26. The van der Waals surface area contributed by atoms with Crippen LogP contribution in [0.5, 0.6) is 0 Å². The molecule has 4 nitrogen and oxygen atoms in total. The van der Waals surface area contributed by atoms with Gasteiger partial charge in [-0.1, -0.05) is 39.1 Å². The molecule has 0 heterocycles. The minimum absolute atomic E-state index is 0.0803. The summed E-state index contributed by atoms with van der Waals surface area (Å²) in [6, 6.07) is 2.98. The van der Waals surface area contributed by atoms with E-state index >= 15 is 0 Å². The zero-order valence-electron chi connectivity index (χ0n) is 10.3. The minimum Gasteiger partial charge on any atom is -0.382 e. The van der Waals surface area contributed by atoms with Gasteiger partial charge < -0.3 is 4.74 Å². The van der Waals surface area contributed by atoms with Crippen LogP contribution >= 0.6 is 39.1 Å². The highest BCUT2D eigenvalue weighted by Gasteiger charge is 2.21. The van der Waals surface area contributed by atoms with Crippen LogP contribution < -0.4 is 4.72 Å². The molecule has 0 saturated carbocycles. The third kappa shape index (κ3) is 5.21. The normalized spacial score (nSPS) is 11.8. The van der Waals surface area contributed by atoms with E-state index in [-0.39, 0.29) is 21.5 Å². The monoisotopic (exact) mass is 389 g/mol. The second kappa shape index (κ2) is 7.81. The van der Waals surface area contributed by atoms with E-state index in [4.69, 9.17) is 27.9 Å². The molecule has 0 aromatic heterocycles. The van der Waals surface area contributed by atoms with Gasteiger partial charge in [-0.15, -0.1) is 0 Å². The van der Waals surface area contributed by atoms with Crippen LogP contribution in [0.15, 0.2) is 21.5 Å². The predicted molar refractivity (Wildman–Crippen MR) is 80.5 cm³/mol. The van der Waals surface area contributed by atoms with E-state index in [1.165, 1.54) is 12.1 Å². The van der Waals surface area contributed by atoms with E-state index in [1.54, 1.807) is 0 Å². The summed E-state index contributed by atoms with van der Waals surface area (Å²) in [5, 5.41) is 0.161. The zero-order valence-corrected chi connectivity index (χ0v) is 14.2. The van der Waals surface area contributed by atoms with Crippen molar-refractivity contribution in [3.63, 3.8) is 0 Å². The van der Waals surface area contributed by atoms with Crippen LogP contribution in [0.4, 0.5) is 0 Å². The molecule has 0 unspecified atom stereocenters. The van der Waals surface area contributed by atoms with Gasteiger partial charge in [0, 0.05) is 24.2 Å². The van der Waals surface area contributed by atoms with Crippen molar-refractivity contribution in [2.45, 2.75) is 18.2 Å². The summed E-state index contributed by atoms with van der Waals surface area (Å²) in [5.74, 6) is 0. The Morgan fingerprint density at radius 1 is 1.32 bits per heavy atom. The van der Waals surface area contributed by atoms with Crippen molar-refractivity contribution < 1.29 is 13.2 Å². The molecule has 8 heteroatoms. The smallest absolute Gasteiger partial charge is 0.243 e. The van der Waals surface area contributed by atoms with E-state index < -0.39 is 10.0 Å². The van der Waals surface area contributed by atoms with Crippen LogP contribution in [0.1, 0.15) is 13.3 Å². The Bertz CT molecular complexity index is 514. The summed E-state index contributed by atoms with van der Waals surface area (Å²) < 4.78 is 32.4. The van der Waals surface area contributed by atoms with Crippen molar-refractivity contribution in [1.82, 2.24) is 4.72 Å². The second-order valence-corrected chi connectivity index (χ2v) is 7.08. The van der Waals surface area contributed by atoms with Gasteiger partial charge in [0.05, 0.1) is 10.0 Å². The van der Waals surface area contributed by atoms with E-state index in [9.17, 15) is 8.42 Å². The number of sulfonamides is 1. The van der Waals surface area contributed by atoms with Gasteiger partial charge in [0.25, 0.3) is 0 Å². The third-order valence-electron chi connectivity index (χ3n) is 2.19. The van der Waals surface area contributed by atoms with Crippen molar-refractivity contribution in [3.05, 3.63) is 26.7 Å². The Balaban J connectivity index is 2.78. The van der Waals surface area contributed by atoms with Crippen molar-refractivity contribution >= 4 is 49.2 Å². The molecule has 108 valence electrons. The molecule has 0 spiro atoms. The van der Waals surface area contributed by atoms with Crippen LogP contribution in [0.2, 0.25) is 10.0 Å². The number of halogens is 3. The van der Waals surface area contributed by atoms with Crippen molar-refractivity contribution in [3.8, 4) is 0 Å². The summed E-state index contributed by atoms with van der Waals surface area (Å²) >= 11 is 15.0. The summed E-state index contributed by atoms with van der Waals surface area (Å²) in [5.41, 5.74) is 0. The molecule has 1 aromatic carbocycles. The molecule has 19 heavy (non-hydrogen) atoms. The number of hydrogen-bond acceptors (Lipinski definition) is 3. The molecule has 0 radical (unpaired) electrons. The SMILES string of the molecule is CCOCCCNS(=O)(=O)c1c(Cl)cc(Br)cc1Cl. The van der Waals surface area contributed by atoms with E-state index in [0.29, 0.717) is 24.1 Å². The minimum atomic E-state index is -3.72. The fourth-order valence-corrected chi connectivity index (χ4v) is 4.39. The van der Waals surface area contributed by atoms with Gasteiger partial charge in [0.15, 0.2) is 0 Å². The summed E-state index contributed by atoms with van der Waals surface area (Å²) in [6.07, 6.45) is 0.582. The molecule has 0 atom stereocenters. The zero-order chi connectivity index (χ0) is 14.5. The van der Waals surface area contributed by atoms with Crippen molar-refractivity contribution in [2.24, 2.45) is 0 Å². The number of ether oxygens (including phenoxy) is 1. The topological polar surface area (TPSA) is 55.4 Å². The number of benzene rings is 1. The highest BCUT2D eigenvalue weighted by molar-refractivity contribution is 9.10. The summed E-state index contributed by atoms with van der Waals surface area (Å²) in [7, 11) is -3.72. The first-order chi connectivity index (χ1) is 8.88. The maximum absolute atomic E-state index is 12.1. The lowest BCUT2D eigenvalue weighted by atomic mass is 10.4. The molecule has 0 aliphatic heterocycles. The number of hydrogen-bond donors (Lipinski definition) is 1. The first kappa shape index (κ1) is 17.2. The van der Waals surface area contributed by atoms with Crippen LogP contribution in [-0.4, -0.2) is 28.2 Å². The summed E-state index contributed by atoms with van der Waals surface area (Å²) in [4.78, 5) is -0.101. The fraction of sp³-hybridized carbons (Fsp3) is 0.455. The molecule has 0 aliphatic rings. The Labute approximate surface area is 131 Å². The Morgan fingerprint density at radius 3 is 2.42 bits per heavy atom. The molecule has 1 aromatic rings. The van der Waals surface area contributed by atoms with Crippen LogP contribution in [0.25, 0.3) is 0 Å². The van der Waals surface area contributed by atoms with Gasteiger partial charge in [0.1, 0.15) is 4.90 Å².